The number of aldehydes is 1. The van der Waals surface area contributed by atoms with Crippen LogP contribution in [0.2, 0.25) is 0 Å². The fourth-order valence-electron chi connectivity index (χ4n) is 2.24. The second-order valence-corrected chi connectivity index (χ2v) is 4.85. The Morgan fingerprint density at radius 1 is 1.00 bits per heavy atom. The van der Waals surface area contributed by atoms with Gasteiger partial charge in [0.2, 0.25) is 0 Å². The van der Waals surface area contributed by atoms with E-state index in [-0.39, 0.29) is 5.92 Å². The number of rotatable bonds is 4. The molecule has 18 heavy (non-hydrogen) atoms. The van der Waals surface area contributed by atoms with Gasteiger partial charge in [0.15, 0.2) is 0 Å². The molecule has 2 rings (SSSR count). The molecule has 0 aliphatic rings. The van der Waals surface area contributed by atoms with Gasteiger partial charge in [-0.15, -0.1) is 0 Å². The molecule has 0 fully saturated rings. The maximum atomic E-state index is 11.3. The molecular weight excluding hydrogens is 220 g/mol. The van der Waals surface area contributed by atoms with Gasteiger partial charge in [0.1, 0.15) is 6.29 Å². The molecule has 0 bridgehead atoms. The summed E-state index contributed by atoms with van der Waals surface area (Å²) in [6.45, 7) is 4.13. The van der Waals surface area contributed by atoms with E-state index in [1.165, 1.54) is 16.7 Å². The zero-order chi connectivity index (χ0) is 13.0. The van der Waals surface area contributed by atoms with Gasteiger partial charge in [-0.25, -0.2) is 0 Å². The van der Waals surface area contributed by atoms with Crippen LogP contribution in [0.3, 0.4) is 0 Å². The Morgan fingerprint density at radius 2 is 1.67 bits per heavy atom. The lowest BCUT2D eigenvalue weighted by atomic mass is 9.92. The monoisotopic (exact) mass is 238 g/mol. The van der Waals surface area contributed by atoms with E-state index in [1.807, 2.05) is 18.2 Å². The lowest BCUT2D eigenvalue weighted by Gasteiger charge is -2.12. The van der Waals surface area contributed by atoms with Crippen molar-refractivity contribution in [3.05, 3.63) is 70.8 Å². The summed E-state index contributed by atoms with van der Waals surface area (Å²) in [7, 11) is 0. The second kappa shape index (κ2) is 5.63. The van der Waals surface area contributed by atoms with Gasteiger partial charge >= 0.3 is 0 Å². The summed E-state index contributed by atoms with van der Waals surface area (Å²) in [6, 6.07) is 16.5. The third-order valence-corrected chi connectivity index (χ3v) is 3.17. The molecule has 0 N–H and O–H groups in total. The van der Waals surface area contributed by atoms with Crippen molar-refractivity contribution in [2.75, 3.05) is 0 Å². The third kappa shape index (κ3) is 3.07. The summed E-state index contributed by atoms with van der Waals surface area (Å²) in [5, 5.41) is 0. The molecule has 2 aromatic rings. The summed E-state index contributed by atoms with van der Waals surface area (Å²) >= 11 is 0. The van der Waals surface area contributed by atoms with Crippen molar-refractivity contribution in [1.29, 1.82) is 0 Å². The molecule has 0 radical (unpaired) electrons. The first-order valence-electron chi connectivity index (χ1n) is 6.26. The predicted molar refractivity (Wildman–Crippen MR) is 74.9 cm³/mol. The molecule has 1 atom stereocenters. The smallest absolute Gasteiger partial charge is 0.127 e. The fraction of sp³-hybridized carbons (Fsp3) is 0.235. The van der Waals surface area contributed by atoms with Crippen LogP contribution in [-0.4, -0.2) is 6.29 Å². The molecule has 0 heterocycles. The Balaban J connectivity index is 2.22. The quantitative estimate of drug-likeness (QED) is 0.740. The van der Waals surface area contributed by atoms with Crippen LogP contribution in [0.1, 0.15) is 28.2 Å². The Kier molecular flexibility index (Phi) is 3.93. The summed E-state index contributed by atoms with van der Waals surface area (Å²) in [5.74, 6) is -0.0494. The lowest BCUT2D eigenvalue weighted by molar-refractivity contribution is -0.109. The summed E-state index contributed by atoms with van der Waals surface area (Å²) < 4.78 is 0. The Hall–Kier alpha value is -1.89. The van der Waals surface area contributed by atoms with E-state index in [1.54, 1.807) is 0 Å². The number of hydrogen-bond acceptors (Lipinski definition) is 1. The van der Waals surface area contributed by atoms with E-state index in [0.717, 1.165) is 18.3 Å². The van der Waals surface area contributed by atoms with Gasteiger partial charge in [-0.2, -0.15) is 0 Å². The van der Waals surface area contributed by atoms with Gasteiger partial charge in [0, 0.05) is 5.92 Å². The van der Waals surface area contributed by atoms with Crippen LogP contribution >= 0.6 is 0 Å². The molecule has 0 aromatic heterocycles. The average Bonchev–Trinajstić information content (AvgIpc) is 2.36. The summed E-state index contributed by atoms with van der Waals surface area (Å²) in [4.78, 5) is 11.3. The largest absolute Gasteiger partial charge is 0.303 e. The van der Waals surface area contributed by atoms with Gasteiger partial charge in [-0.05, 0) is 31.4 Å². The minimum Gasteiger partial charge on any atom is -0.303 e. The number of carbonyl (C=O) groups excluding carboxylic acids is 1. The SMILES string of the molecule is Cc1cccc(CC(C=O)c2cccc(C)c2)c1. The molecule has 0 aliphatic carbocycles. The third-order valence-electron chi connectivity index (χ3n) is 3.17. The van der Waals surface area contributed by atoms with Crippen molar-refractivity contribution >= 4 is 6.29 Å². The van der Waals surface area contributed by atoms with Gasteiger partial charge in [0.05, 0.1) is 0 Å². The van der Waals surface area contributed by atoms with Crippen LogP contribution in [0.5, 0.6) is 0 Å². The van der Waals surface area contributed by atoms with E-state index in [4.69, 9.17) is 0 Å². The van der Waals surface area contributed by atoms with Crippen molar-refractivity contribution in [3.63, 3.8) is 0 Å². The first-order chi connectivity index (χ1) is 8.69. The van der Waals surface area contributed by atoms with Gasteiger partial charge < -0.3 is 4.79 Å². The van der Waals surface area contributed by atoms with E-state index < -0.39 is 0 Å². The molecule has 0 spiro atoms. The Labute approximate surface area is 108 Å². The first kappa shape index (κ1) is 12.6. The summed E-state index contributed by atoms with van der Waals surface area (Å²) in [6.07, 6.45) is 1.83. The Morgan fingerprint density at radius 3 is 2.28 bits per heavy atom. The molecule has 0 saturated heterocycles. The number of carbonyl (C=O) groups is 1. The lowest BCUT2D eigenvalue weighted by Crippen LogP contribution is -2.04. The van der Waals surface area contributed by atoms with Crippen molar-refractivity contribution < 1.29 is 4.79 Å². The average molecular weight is 238 g/mol. The second-order valence-electron chi connectivity index (χ2n) is 4.85. The molecule has 1 nitrogen and oxygen atoms in total. The van der Waals surface area contributed by atoms with Crippen LogP contribution in [0.15, 0.2) is 48.5 Å². The normalized spacial score (nSPS) is 12.1. The van der Waals surface area contributed by atoms with Crippen molar-refractivity contribution in [1.82, 2.24) is 0 Å². The molecule has 1 unspecified atom stereocenters. The molecule has 92 valence electrons. The van der Waals surface area contributed by atoms with E-state index in [9.17, 15) is 4.79 Å². The van der Waals surface area contributed by atoms with Gasteiger partial charge in [-0.1, -0.05) is 59.7 Å². The molecule has 0 amide bonds. The van der Waals surface area contributed by atoms with Crippen molar-refractivity contribution in [3.8, 4) is 0 Å². The highest BCUT2D eigenvalue weighted by Gasteiger charge is 2.11. The zero-order valence-electron chi connectivity index (χ0n) is 10.9. The van der Waals surface area contributed by atoms with Gasteiger partial charge in [-0.3, -0.25) is 0 Å². The number of aryl methyl sites for hydroxylation is 2. The van der Waals surface area contributed by atoms with Gasteiger partial charge in [0.25, 0.3) is 0 Å². The van der Waals surface area contributed by atoms with E-state index in [2.05, 4.69) is 44.2 Å². The number of benzene rings is 2. The summed E-state index contributed by atoms with van der Waals surface area (Å²) in [5.41, 5.74) is 4.75. The maximum Gasteiger partial charge on any atom is 0.127 e. The zero-order valence-corrected chi connectivity index (χ0v) is 10.9. The van der Waals surface area contributed by atoms with Crippen LogP contribution in [0.25, 0.3) is 0 Å². The van der Waals surface area contributed by atoms with Crippen LogP contribution < -0.4 is 0 Å². The molecule has 0 aliphatic heterocycles. The first-order valence-corrected chi connectivity index (χ1v) is 6.26. The van der Waals surface area contributed by atoms with Crippen molar-refractivity contribution in [2.45, 2.75) is 26.2 Å². The molecule has 2 aromatic carbocycles. The topological polar surface area (TPSA) is 17.1 Å². The van der Waals surface area contributed by atoms with Crippen LogP contribution in [-0.2, 0) is 11.2 Å². The molecular formula is C17H18O. The molecule has 1 heteroatoms. The highest BCUT2D eigenvalue weighted by molar-refractivity contribution is 5.63. The van der Waals surface area contributed by atoms with E-state index in [0.29, 0.717) is 0 Å². The predicted octanol–water partition coefficient (Wildman–Crippen LogP) is 3.83. The highest BCUT2D eigenvalue weighted by atomic mass is 16.1. The van der Waals surface area contributed by atoms with Crippen LogP contribution in [0.4, 0.5) is 0 Å². The minimum atomic E-state index is -0.0494. The minimum absolute atomic E-state index is 0.0494. The Bertz CT molecular complexity index is 543. The van der Waals surface area contributed by atoms with Crippen LogP contribution in [0, 0.1) is 13.8 Å². The fourth-order valence-corrected chi connectivity index (χ4v) is 2.24. The van der Waals surface area contributed by atoms with E-state index >= 15 is 0 Å². The standard InChI is InChI=1S/C17H18O/c1-13-5-3-7-15(9-13)11-17(12-18)16-8-4-6-14(2)10-16/h3-10,12,17H,11H2,1-2H3. The highest BCUT2D eigenvalue weighted by Crippen LogP contribution is 2.20. The number of hydrogen-bond donors (Lipinski definition) is 0. The molecule has 0 saturated carbocycles. The maximum absolute atomic E-state index is 11.3. The van der Waals surface area contributed by atoms with Crippen molar-refractivity contribution in [2.24, 2.45) is 0 Å².